The first-order valence-electron chi connectivity index (χ1n) is 16.2. The van der Waals surface area contributed by atoms with Crippen LogP contribution >= 0.6 is 0 Å². The molecule has 6 aromatic rings. The standard InChI is InChI=1S/C32H21N7O20S4/c40-24-12-22(38(44)45)25(61(51,52)53)11-20(24)34-36-28-26(62(54,55)56)7-13-5-15(1-3-18(13)30(28)41)33-16-2-4-19-14(6-16)8-27(63(57,58)59)29(31(19)42)37-35-21-9-17(60(48,49)50)10-23(32(21)43)39(46)47/h1-12,33,40-43H,(H,48,49,50)(H,51,52,53)(H,54,55,56)(H,57,58,59). The van der Waals surface area contributed by atoms with Gasteiger partial charge < -0.3 is 25.7 Å². The van der Waals surface area contributed by atoms with Crippen LogP contribution < -0.4 is 5.32 Å². The van der Waals surface area contributed by atoms with E-state index in [2.05, 4.69) is 25.8 Å². The monoisotopic (exact) mass is 951 g/mol. The molecule has 0 heterocycles. The average Bonchev–Trinajstić information content (AvgIpc) is 3.15. The molecule has 0 fully saturated rings. The van der Waals surface area contributed by atoms with Gasteiger partial charge in [0.15, 0.2) is 16.4 Å². The lowest BCUT2D eigenvalue weighted by Crippen LogP contribution is -2.03. The van der Waals surface area contributed by atoms with Gasteiger partial charge >= 0.3 is 15.8 Å². The molecule has 0 atom stereocenters. The Hall–Kier alpha value is -7.52. The van der Waals surface area contributed by atoms with Gasteiger partial charge in [-0.15, -0.1) is 20.5 Å². The Bertz CT molecular complexity index is 3550. The second kappa shape index (κ2) is 15.7. The number of azo groups is 2. The lowest BCUT2D eigenvalue weighted by Gasteiger charge is -2.13. The van der Waals surface area contributed by atoms with Crippen molar-refractivity contribution >= 4 is 108 Å². The van der Waals surface area contributed by atoms with E-state index in [1.165, 1.54) is 36.4 Å². The van der Waals surface area contributed by atoms with E-state index in [1.54, 1.807) is 0 Å². The third-order valence-electron chi connectivity index (χ3n) is 8.53. The van der Waals surface area contributed by atoms with Crippen molar-refractivity contribution in [2.45, 2.75) is 19.6 Å². The Labute approximate surface area is 349 Å². The highest BCUT2D eigenvalue weighted by Gasteiger charge is 2.29. The maximum absolute atomic E-state index is 12.4. The van der Waals surface area contributed by atoms with Crippen molar-refractivity contribution in [1.29, 1.82) is 0 Å². The molecule has 0 aliphatic carbocycles. The summed E-state index contributed by atoms with van der Waals surface area (Å²) >= 11 is 0. The summed E-state index contributed by atoms with van der Waals surface area (Å²) in [5, 5.41) is 81.5. The Balaban J connectivity index is 1.40. The molecule has 0 aromatic heterocycles. The summed E-state index contributed by atoms with van der Waals surface area (Å²) in [5.41, 5.74) is -6.05. The van der Waals surface area contributed by atoms with E-state index in [0.29, 0.717) is 24.3 Å². The fourth-order valence-corrected chi connectivity index (χ4v) is 8.23. The molecule has 0 unspecified atom stereocenters. The summed E-state index contributed by atoms with van der Waals surface area (Å²) in [6.45, 7) is 0. The lowest BCUT2D eigenvalue weighted by atomic mass is 10.1. The molecule has 0 aliphatic rings. The number of nitrogens with one attached hydrogen (secondary N) is 1. The van der Waals surface area contributed by atoms with Crippen LogP contribution in [0.1, 0.15) is 0 Å². The summed E-state index contributed by atoms with van der Waals surface area (Å²) in [5.74, 6) is -4.25. The van der Waals surface area contributed by atoms with Crippen molar-refractivity contribution in [3.63, 3.8) is 0 Å². The molecular weight excluding hydrogens is 931 g/mol. The van der Waals surface area contributed by atoms with Crippen molar-refractivity contribution in [2.75, 3.05) is 5.32 Å². The molecule has 328 valence electrons. The van der Waals surface area contributed by atoms with Crippen molar-refractivity contribution in [3.05, 3.63) is 93.0 Å². The number of nitro benzene ring substituents is 2. The molecule has 27 nitrogen and oxygen atoms in total. The number of nitro groups is 2. The first-order valence-corrected chi connectivity index (χ1v) is 21.9. The maximum Gasteiger partial charge on any atom is 0.314 e. The Morgan fingerprint density at radius 3 is 1.33 bits per heavy atom. The van der Waals surface area contributed by atoms with Crippen molar-refractivity contribution in [2.24, 2.45) is 20.5 Å². The van der Waals surface area contributed by atoms with Gasteiger partial charge in [-0.3, -0.25) is 38.4 Å². The highest BCUT2D eigenvalue weighted by atomic mass is 32.2. The SMILES string of the molecule is O=[N+]([O-])c1cc(O)c(N=Nc2c(S(=O)(=O)O)cc3cc(Nc4ccc5c(O)c(N=Nc6cc(S(=O)(=O)O)cc([N+](=O)[O-])c6O)c(S(=O)(=O)O)cc5c4)ccc3c2O)cc1S(=O)(=O)O. The van der Waals surface area contributed by atoms with Gasteiger partial charge in [0, 0.05) is 28.2 Å². The molecule has 6 rings (SSSR count). The zero-order valence-corrected chi connectivity index (χ0v) is 33.5. The number of benzene rings is 6. The average molecular weight is 952 g/mol. The third-order valence-corrected chi connectivity index (χ3v) is 12.0. The Kier molecular flexibility index (Phi) is 11.3. The van der Waals surface area contributed by atoms with Crippen LogP contribution in [0.15, 0.2) is 113 Å². The van der Waals surface area contributed by atoms with E-state index in [9.17, 15) is 92.5 Å². The molecule has 0 aliphatic heterocycles. The number of rotatable bonds is 12. The molecule has 63 heavy (non-hydrogen) atoms. The highest BCUT2D eigenvalue weighted by molar-refractivity contribution is 7.86. The van der Waals surface area contributed by atoms with E-state index in [0.717, 1.165) is 12.1 Å². The largest absolute Gasteiger partial charge is 0.505 e. The highest BCUT2D eigenvalue weighted by Crippen LogP contribution is 2.46. The predicted octanol–water partition coefficient (Wildman–Crippen LogP) is 6.19. The van der Waals surface area contributed by atoms with Crippen molar-refractivity contribution in [1.82, 2.24) is 0 Å². The van der Waals surface area contributed by atoms with Gasteiger partial charge in [0.05, 0.1) is 15.9 Å². The third kappa shape index (κ3) is 9.09. The van der Waals surface area contributed by atoms with Gasteiger partial charge in [0.25, 0.3) is 36.0 Å². The molecule has 9 N–H and O–H groups in total. The van der Waals surface area contributed by atoms with Crippen molar-refractivity contribution in [3.8, 4) is 23.0 Å². The van der Waals surface area contributed by atoms with Crippen LogP contribution in [0.5, 0.6) is 23.0 Å². The number of anilines is 2. The number of fused-ring (bicyclic) bond motifs is 2. The summed E-state index contributed by atoms with van der Waals surface area (Å²) in [6, 6.07) is 10.5. The number of phenolic OH excluding ortho intramolecular Hbond substituents is 4. The number of hydrogen-bond donors (Lipinski definition) is 9. The second-order valence-electron chi connectivity index (χ2n) is 12.6. The summed E-state index contributed by atoms with van der Waals surface area (Å²) < 4.78 is 135. The predicted molar refractivity (Wildman–Crippen MR) is 212 cm³/mol. The van der Waals surface area contributed by atoms with Crippen LogP contribution in [-0.4, -0.2) is 82.2 Å². The van der Waals surface area contributed by atoms with Crippen molar-refractivity contribution < 1.29 is 82.2 Å². The van der Waals surface area contributed by atoms with Crippen LogP contribution in [0, 0.1) is 20.2 Å². The fraction of sp³-hybridized carbons (Fsp3) is 0. The summed E-state index contributed by atoms with van der Waals surface area (Å²) in [4.78, 5) is 15.5. The van der Waals surface area contributed by atoms with Gasteiger partial charge in [-0.25, -0.2) is 0 Å². The van der Waals surface area contributed by atoms with Crippen LogP contribution in [0.3, 0.4) is 0 Å². The van der Waals surface area contributed by atoms with Crippen LogP contribution in [-0.2, 0) is 40.5 Å². The smallest absolute Gasteiger partial charge is 0.314 e. The van der Waals surface area contributed by atoms with Crippen LogP contribution in [0.4, 0.5) is 45.5 Å². The Morgan fingerprint density at radius 2 is 0.921 bits per heavy atom. The minimum Gasteiger partial charge on any atom is -0.505 e. The molecule has 0 saturated carbocycles. The molecule has 0 bridgehead atoms. The topological polar surface area (TPSA) is 446 Å². The van der Waals surface area contributed by atoms with Crippen LogP contribution in [0.2, 0.25) is 0 Å². The normalized spacial score (nSPS) is 12.7. The lowest BCUT2D eigenvalue weighted by molar-refractivity contribution is -0.388. The molecule has 0 saturated heterocycles. The number of aromatic hydroxyl groups is 4. The number of nitrogens with zero attached hydrogens (tertiary/aromatic N) is 6. The molecule has 0 amide bonds. The molecule has 0 radical (unpaired) electrons. The van der Waals surface area contributed by atoms with E-state index < -0.39 is 127 Å². The first-order chi connectivity index (χ1) is 29.1. The molecule has 6 aromatic carbocycles. The van der Waals surface area contributed by atoms with Gasteiger partial charge in [-0.1, -0.05) is 0 Å². The number of phenols is 4. The van der Waals surface area contributed by atoms with Gasteiger partial charge in [-0.2, -0.15) is 33.7 Å². The maximum atomic E-state index is 12.4. The first kappa shape index (κ1) is 45.0. The zero-order chi connectivity index (χ0) is 46.7. The zero-order valence-electron chi connectivity index (χ0n) is 30.2. The summed E-state index contributed by atoms with van der Waals surface area (Å²) in [6.07, 6.45) is 0. The van der Waals surface area contributed by atoms with E-state index in [-0.39, 0.29) is 32.9 Å². The second-order valence-corrected chi connectivity index (χ2v) is 18.2. The van der Waals surface area contributed by atoms with Crippen LogP contribution in [0.25, 0.3) is 21.5 Å². The minimum atomic E-state index is -5.29. The van der Waals surface area contributed by atoms with E-state index in [1.807, 2.05) is 0 Å². The van der Waals surface area contributed by atoms with Gasteiger partial charge in [0.1, 0.15) is 43.2 Å². The molecular formula is C32H21N7O20S4. The molecule has 0 spiro atoms. The van der Waals surface area contributed by atoms with E-state index >= 15 is 0 Å². The Morgan fingerprint density at radius 1 is 0.476 bits per heavy atom. The minimum absolute atomic E-state index is 0.100. The molecule has 31 heteroatoms. The van der Waals surface area contributed by atoms with Gasteiger partial charge in [-0.05, 0) is 71.4 Å². The number of hydrogen-bond acceptors (Lipinski definition) is 21. The quantitative estimate of drug-likeness (QED) is 0.0285. The summed E-state index contributed by atoms with van der Waals surface area (Å²) in [7, 11) is -21.0. The van der Waals surface area contributed by atoms with Gasteiger partial charge in [0.2, 0.25) is 5.75 Å². The fourth-order valence-electron chi connectivity index (χ4n) is 5.74. The van der Waals surface area contributed by atoms with E-state index in [4.69, 9.17) is 0 Å².